The lowest BCUT2D eigenvalue weighted by Gasteiger charge is -2.46. The van der Waals surface area contributed by atoms with E-state index in [4.69, 9.17) is 0 Å². The molecule has 1 heteroatoms. The van der Waals surface area contributed by atoms with Gasteiger partial charge in [-0.05, 0) is 44.4 Å². The van der Waals surface area contributed by atoms with Crippen LogP contribution in [-0.2, 0) is 4.79 Å². The zero-order valence-electron chi connectivity index (χ0n) is 8.81. The molecule has 3 aliphatic rings. The van der Waals surface area contributed by atoms with Crippen LogP contribution < -0.4 is 0 Å². The molecular weight excluding hydrogens is 160 g/mol. The number of Topliss-reactive ketones (excluding diaryl/α,β-unsaturated/α-hetero) is 1. The first-order valence-electron chi connectivity index (χ1n) is 5.68. The van der Waals surface area contributed by atoms with Gasteiger partial charge in [-0.15, -0.1) is 0 Å². The van der Waals surface area contributed by atoms with E-state index in [9.17, 15) is 4.79 Å². The lowest BCUT2D eigenvalue weighted by Crippen LogP contribution is -2.42. The highest BCUT2D eigenvalue weighted by Crippen LogP contribution is 2.51. The van der Waals surface area contributed by atoms with Crippen molar-refractivity contribution in [3.05, 3.63) is 0 Å². The molecule has 3 saturated carbocycles. The molecule has 74 valence electrons. The third kappa shape index (κ3) is 1.43. The minimum absolute atomic E-state index is 0.128. The summed E-state index contributed by atoms with van der Waals surface area (Å²) in [5.74, 6) is 1.75. The van der Waals surface area contributed by atoms with E-state index in [2.05, 4.69) is 13.8 Å². The Bertz CT molecular complexity index is 195. The molecule has 0 aromatic heterocycles. The Morgan fingerprint density at radius 1 is 1.15 bits per heavy atom. The zero-order valence-corrected chi connectivity index (χ0v) is 8.81. The standard InChI is InChI=1S/C12H20O/c1-9(2)11(13)12-6-3-10(4-7-12)5-8-12/h9-10H,3-8H2,1-2H3. The third-order valence-corrected chi connectivity index (χ3v) is 4.14. The van der Waals surface area contributed by atoms with Crippen LogP contribution in [0.5, 0.6) is 0 Å². The lowest BCUT2D eigenvalue weighted by atomic mass is 9.57. The summed E-state index contributed by atoms with van der Waals surface area (Å²) in [5.41, 5.74) is 0.128. The molecule has 0 heterocycles. The van der Waals surface area contributed by atoms with Gasteiger partial charge in [0.05, 0.1) is 0 Å². The number of rotatable bonds is 2. The van der Waals surface area contributed by atoms with Crippen molar-refractivity contribution in [2.75, 3.05) is 0 Å². The summed E-state index contributed by atoms with van der Waals surface area (Å²) in [6, 6.07) is 0. The SMILES string of the molecule is CC(C)C(=O)C12CCC(CC1)CC2. The van der Waals surface area contributed by atoms with Crippen LogP contribution in [0.15, 0.2) is 0 Å². The van der Waals surface area contributed by atoms with Crippen LogP contribution in [0.3, 0.4) is 0 Å². The van der Waals surface area contributed by atoms with Gasteiger partial charge >= 0.3 is 0 Å². The van der Waals surface area contributed by atoms with E-state index in [1.165, 1.54) is 38.5 Å². The Morgan fingerprint density at radius 3 is 2.00 bits per heavy atom. The van der Waals surface area contributed by atoms with Gasteiger partial charge in [0.2, 0.25) is 0 Å². The van der Waals surface area contributed by atoms with Crippen molar-refractivity contribution in [2.24, 2.45) is 17.3 Å². The largest absolute Gasteiger partial charge is 0.299 e. The Balaban J connectivity index is 2.14. The maximum Gasteiger partial charge on any atom is 0.141 e. The molecule has 2 bridgehead atoms. The average molecular weight is 180 g/mol. The van der Waals surface area contributed by atoms with Crippen LogP contribution in [0.25, 0.3) is 0 Å². The molecule has 0 N–H and O–H groups in total. The molecule has 3 rings (SSSR count). The fourth-order valence-electron chi connectivity index (χ4n) is 3.23. The molecule has 0 saturated heterocycles. The maximum atomic E-state index is 12.1. The number of hydrogen-bond donors (Lipinski definition) is 0. The zero-order chi connectivity index (χ0) is 9.47. The van der Waals surface area contributed by atoms with Gasteiger partial charge in [0.1, 0.15) is 5.78 Å². The van der Waals surface area contributed by atoms with Crippen molar-refractivity contribution in [2.45, 2.75) is 52.4 Å². The van der Waals surface area contributed by atoms with Crippen molar-refractivity contribution in [3.8, 4) is 0 Å². The van der Waals surface area contributed by atoms with Gasteiger partial charge in [-0.3, -0.25) is 4.79 Å². The number of ketones is 1. The summed E-state index contributed by atoms with van der Waals surface area (Å²) < 4.78 is 0. The quantitative estimate of drug-likeness (QED) is 0.638. The summed E-state index contributed by atoms with van der Waals surface area (Å²) in [4.78, 5) is 12.1. The van der Waals surface area contributed by atoms with Crippen LogP contribution in [0.1, 0.15) is 52.4 Å². The molecule has 0 aromatic rings. The highest BCUT2D eigenvalue weighted by atomic mass is 16.1. The van der Waals surface area contributed by atoms with Crippen molar-refractivity contribution in [1.29, 1.82) is 0 Å². The lowest BCUT2D eigenvalue weighted by molar-refractivity contribution is -0.137. The Hall–Kier alpha value is -0.330. The molecular formula is C12H20O. The maximum absolute atomic E-state index is 12.1. The minimum atomic E-state index is 0.128. The van der Waals surface area contributed by atoms with E-state index < -0.39 is 0 Å². The second-order valence-electron chi connectivity index (χ2n) is 5.28. The monoisotopic (exact) mass is 180 g/mol. The Morgan fingerprint density at radius 2 is 1.62 bits per heavy atom. The predicted octanol–water partition coefficient (Wildman–Crippen LogP) is 3.18. The number of carbonyl (C=O) groups is 1. The van der Waals surface area contributed by atoms with Crippen molar-refractivity contribution in [1.82, 2.24) is 0 Å². The molecule has 0 radical (unpaired) electrons. The summed E-state index contributed by atoms with van der Waals surface area (Å²) >= 11 is 0. The van der Waals surface area contributed by atoms with Gasteiger partial charge in [0.15, 0.2) is 0 Å². The first kappa shape index (κ1) is 9.23. The van der Waals surface area contributed by atoms with E-state index in [-0.39, 0.29) is 11.3 Å². The molecule has 3 aliphatic carbocycles. The normalized spacial score (nSPS) is 38.2. The molecule has 1 nitrogen and oxygen atoms in total. The van der Waals surface area contributed by atoms with Crippen LogP contribution >= 0.6 is 0 Å². The second-order valence-corrected chi connectivity index (χ2v) is 5.28. The molecule has 0 aromatic carbocycles. The topological polar surface area (TPSA) is 17.1 Å². The predicted molar refractivity (Wildman–Crippen MR) is 53.5 cm³/mol. The fourth-order valence-corrected chi connectivity index (χ4v) is 3.23. The van der Waals surface area contributed by atoms with E-state index >= 15 is 0 Å². The molecule has 0 aliphatic heterocycles. The van der Waals surface area contributed by atoms with E-state index in [0.29, 0.717) is 5.78 Å². The molecule has 0 unspecified atom stereocenters. The number of hydrogen-bond acceptors (Lipinski definition) is 1. The van der Waals surface area contributed by atoms with Crippen molar-refractivity contribution in [3.63, 3.8) is 0 Å². The highest BCUT2D eigenvalue weighted by molar-refractivity contribution is 5.86. The van der Waals surface area contributed by atoms with Gasteiger partial charge in [0.25, 0.3) is 0 Å². The Kier molecular flexibility index (Phi) is 2.21. The van der Waals surface area contributed by atoms with Gasteiger partial charge in [0, 0.05) is 11.3 Å². The average Bonchev–Trinajstić information content (AvgIpc) is 2.19. The second kappa shape index (κ2) is 3.11. The smallest absolute Gasteiger partial charge is 0.141 e. The summed E-state index contributed by atoms with van der Waals surface area (Å²) in [7, 11) is 0. The summed E-state index contributed by atoms with van der Waals surface area (Å²) in [6.45, 7) is 4.11. The third-order valence-electron chi connectivity index (χ3n) is 4.14. The van der Waals surface area contributed by atoms with Gasteiger partial charge in [-0.1, -0.05) is 13.8 Å². The van der Waals surface area contributed by atoms with E-state index in [1.807, 2.05) is 0 Å². The van der Waals surface area contributed by atoms with Gasteiger partial charge in [-0.2, -0.15) is 0 Å². The van der Waals surface area contributed by atoms with E-state index in [0.717, 1.165) is 5.92 Å². The van der Waals surface area contributed by atoms with E-state index in [1.54, 1.807) is 0 Å². The minimum Gasteiger partial charge on any atom is -0.299 e. The Labute approximate surface area is 80.9 Å². The summed E-state index contributed by atoms with van der Waals surface area (Å²) in [6.07, 6.45) is 7.52. The molecule has 13 heavy (non-hydrogen) atoms. The molecule has 0 spiro atoms. The van der Waals surface area contributed by atoms with Crippen LogP contribution in [0.2, 0.25) is 0 Å². The first-order valence-corrected chi connectivity index (χ1v) is 5.68. The van der Waals surface area contributed by atoms with Gasteiger partial charge in [-0.25, -0.2) is 0 Å². The van der Waals surface area contributed by atoms with Gasteiger partial charge < -0.3 is 0 Å². The fraction of sp³-hybridized carbons (Fsp3) is 0.917. The number of carbonyl (C=O) groups excluding carboxylic acids is 1. The molecule has 0 amide bonds. The van der Waals surface area contributed by atoms with Crippen molar-refractivity contribution < 1.29 is 4.79 Å². The number of fused-ring (bicyclic) bond motifs is 3. The van der Waals surface area contributed by atoms with Crippen molar-refractivity contribution >= 4 is 5.78 Å². The highest BCUT2D eigenvalue weighted by Gasteiger charge is 2.45. The first-order chi connectivity index (χ1) is 6.14. The van der Waals surface area contributed by atoms with Crippen LogP contribution in [-0.4, -0.2) is 5.78 Å². The summed E-state index contributed by atoms with van der Waals surface area (Å²) in [5, 5.41) is 0. The van der Waals surface area contributed by atoms with Crippen LogP contribution in [0, 0.1) is 17.3 Å². The molecule has 0 atom stereocenters. The van der Waals surface area contributed by atoms with Crippen LogP contribution in [0.4, 0.5) is 0 Å². The molecule has 3 fully saturated rings.